The topological polar surface area (TPSA) is 64.1 Å². The molecule has 5 nitrogen and oxygen atoms in total. The van der Waals surface area contributed by atoms with Crippen LogP contribution in [0.2, 0.25) is 0 Å². The second-order valence-electron chi connectivity index (χ2n) is 3.62. The molecule has 1 heterocycles. The second kappa shape index (κ2) is 5.87. The summed E-state index contributed by atoms with van der Waals surface area (Å²) in [6.07, 6.45) is -4.74. The van der Waals surface area contributed by atoms with E-state index in [0.717, 1.165) is 11.3 Å². The minimum absolute atomic E-state index is 0.0630. The first-order chi connectivity index (χ1) is 9.44. The fraction of sp³-hybridized carbons (Fsp3) is 0.182. The fourth-order valence-electron chi connectivity index (χ4n) is 1.38. The molecular formula is C11H8F3N3O2S. The van der Waals surface area contributed by atoms with Crippen molar-refractivity contribution in [3.63, 3.8) is 0 Å². The van der Waals surface area contributed by atoms with Gasteiger partial charge in [0.1, 0.15) is 11.3 Å². The van der Waals surface area contributed by atoms with Gasteiger partial charge >= 0.3 is 6.36 Å². The molecule has 1 amide bonds. The van der Waals surface area contributed by atoms with Crippen LogP contribution >= 0.6 is 11.3 Å². The normalized spacial score (nSPS) is 11.2. The van der Waals surface area contributed by atoms with E-state index in [4.69, 9.17) is 0 Å². The predicted molar refractivity (Wildman–Crippen MR) is 64.2 cm³/mol. The van der Waals surface area contributed by atoms with E-state index in [0.29, 0.717) is 5.56 Å². The quantitative estimate of drug-likeness (QED) is 0.942. The summed E-state index contributed by atoms with van der Waals surface area (Å²) in [5, 5.41) is 9.80. The zero-order valence-corrected chi connectivity index (χ0v) is 10.7. The molecule has 2 aromatic rings. The molecule has 0 aliphatic rings. The fourth-order valence-corrected chi connectivity index (χ4v) is 1.85. The standard InChI is InChI=1S/C11H8F3N3O2S/c12-11(13,14)19-8-3-1-2-7(4-8)5-15-9(18)10-17-16-6-20-10/h1-4,6H,5H2,(H,15,18). The maximum absolute atomic E-state index is 12.1. The van der Waals surface area contributed by atoms with Gasteiger partial charge in [-0.25, -0.2) is 0 Å². The van der Waals surface area contributed by atoms with Gasteiger partial charge in [-0.1, -0.05) is 23.5 Å². The number of carbonyl (C=O) groups excluding carboxylic acids is 1. The number of amides is 1. The van der Waals surface area contributed by atoms with Crippen LogP contribution in [0, 0.1) is 0 Å². The number of benzene rings is 1. The van der Waals surface area contributed by atoms with Crippen LogP contribution in [0.3, 0.4) is 0 Å². The van der Waals surface area contributed by atoms with E-state index in [1.807, 2.05) is 0 Å². The number of carbonyl (C=O) groups is 1. The van der Waals surface area contributed by atoms with Gasteiger partial charge in [-0.3, -0.25) is 4.79 Å². The molecule has 0 atom stereocenters. The monoisotopic (exact) mass is 303 g/mol. The smallest absolute Gasteiger partial charge is 0.406 e. The van der Waals surface area contributed by atoms with Gasteiger partial charge in [-0.15, -0.1) is 23.4 Å². The van der Waals surface area contributed by atoms with Gasteiger partial charge < -0.3 is 10.1 Å². The molecule has 1 aromatic heterocycles. The third kappa shape index (κ3) is 4.19. The number of hydrogen-bond acceptors (Lipinski definition) is 5. The van der Waals surface area contributed by atoms with E-state index in [9.17, 15) is 18.0 Å². The molecule has 0 radical (unpaired) electrons. The Hall–Kier alpha value is -2.16. The second-order valence-corrected chi connectivity index (χ2v) is 4.45. The van der Waals surface area contributed by atoms with Gasteiger partial charge in [-0.05, 0) is 17.7 Å². The van der Waals surface area contributed by atoms with E-state index < -0.39 is 12.3 Å². The lowest BCUT2D eigenvalue weighted by atomic mass is 10.2. The summed E-state index contributed by atoms with van der Waals surface area (Å²) in [4.78, 5) is 11.6. The van der Waals surface area contributed by atoms with Crippen molar-refractivity contribution in [2.24, 2.45) is 0 Å². The highest BCUT2D eigenvalue weighted by molar-refractivity contribution is 7.11. The highest BCUT2D eigenvalue weighted by Gasteiger charge is 2.31. The van der Waals surface area contributed by atoms with Crippen LogP contribution < -0.4 is 10.1 Å². The van der Waals surface area contributed by atoms with Crippen LogP contribution in [-0.2, 0) is 6.54 Å². The Morgan fingerprint density at radius 3 is 2.85 bits per heavy atom. The Kier molecular flexibility index (Phi) is 4.18. The molecular weight excluding hydrogens is 295 g/mol. The van der Waals surface area contributed by atoms with Crippen molar-refractivity contribution in [3.05, 3.63) is 40.3 Å². The molecule has 2 rings (SSSR count). The van der Waals surface area contributed by atoms with Gasteiger partial charge in [-0.2, -0.15) is 0 Å². The lowest BCUT2D eigenvalue weighted by Crippen LogP contribution is -2.23. The van der Waals surface area contributed by atoms with Crippen molar-refractivity contribution in [2.75, 3.05) is 0 Å². The summed E-state index contributed by atoms with van der Waals surface area (Å²) in [5.74, 6) is -0.769. The maximum atomic E-state index is 12.1. The summed E-state index contributed by atoms with van der Waals surface area (Å²) in [6.45, 7) is 0.0630. The van der Waals surface area contributed by atoms with E-state index in [-0.39, 0.29) is 17.3 Å². The van der Waals surface area contributed by atoms with Crippen molar-refractivity contribution in [1.82, 2.24) is 15.5 Å². The third-order valence-corrected chi connectivity index (χ3v) is 2.83. The number of rotatable bonds is 4. The Bertz CT molecular complexity index is 587. The minimum Gasteiger partial charge on any atom is -0.406 e. The molecule has 0 bridgehead atoms. The molecule has 9 heteroatoms. The largest absolute Gasteiger partial charge is 0.573 e. The minimum atomic E-state index is -4.74. The van der Waals surface area contributed by atoms with Crippen molar-refractivity contribution >= 4 is 17.2 Å². The van der Waals surface area contributed by atoms with Gasteiger partial charge in [0.15, 0.2) is 0 Å². The molecule has 0 saturated heterocycles. The zero-order chi connectivity index (χ0) is 14.6. The molecule has 1 N–H and O–H groups in total. The SMILES string of the molecule is O=C(NCc1cccc(OC(F)(F)F)c1)c1nncs1. The first-order valence-electron chi connectivity index (χ1n) is 5.33. The molecule has 0 aliphatic carbocycles. The molecule has 0 fully saturated rings. The van der Waals surface area contributed by atoms with Gasteiger partial charge in [0.05, 0.1) is 0 Å². The summed E-state index contributed by atoms with van der Waals surface area (Å²) >= 11 is 1.07. The number of hydrogen-bond donors (Lipinski definition) is 1. The molecule has 1 aromatic carbocycles. The number of aromatic nitrogens is 2. The average Bonchev–Trinajstić information content (AvgIpc) is 2.88. The van der Waals surface area contributed by atoms with E-state index in [1.54, 1.807) is 6.07 Å². The Balaban J connectivity index is 1.96. The van der Waals surface area contributed by atoms with Crippen molar-refractivity contribution < 1.29 is 22.7 Å². The van der Waals surface area contributed by atoms with E-state index in [2.05, 4.69) is 20.3 Å². The average molecular weight is 303 g/mol. The van der Waals surface area contributed by atoms with E-state index >= 15 is 0 Å². The lowest BCUT2D eigenvalue weighted by Gasteiger charge is -2.10. The number of halogens is 3. The molecule has 0 unspecified atom stereocenters. The zero-order valence-electron chi connectivity index (χ0n) is 9.85. The van der Waals surface area contributed by atoms with Crippen LogP contribution in [0.5, 0.6) is 5.75 Å². The molecule has 106 valence electrons. The Labute approximate surface area is 115 Å². The summed E-state index contributed by atoms with van der Waals surface area (Å²) in [6, 6.07) is 5.37. The van der Waals surface area contributed by atoms with Gasteiger partial charge in [0.2, 0.25) is 5.01 Å². The molecule has 0 saturated carbocycles. The lowest BCUT2D eigenvalue weighted by molar-refractivity contribution is -0.274. The van der Waals surface area contributed by atoms with Crippen LogP contribution in [0.4, 0.5) is 13.2 Å². The third-order valence-electron chi connectivity index (χ3n) is 2.14. The Morgan fingerprint density at radius 1 is 1.40 bits per heavy atom. The Morgan fingerprint density at radius 2 is 2.20 bits per heavy atom. The van der Waals surface area contributed by atoms with Crippen LogP contribution in [0.25, 0.3) is 0 Å². The first-order valence-corrected chi connectivity index (χ1v) is 6.21. The molecule has 20 heavy (non-hydrogen) atoms. The van der Waals surface area contributed by atoms with Crippen LogP contribution in [0.1, 0.15) is 15.4 Å². The van der Waals surface area contributed by atoms with E-state index in [1.165, 1.54) is 23.7 Å². The first kappa shape index (κ1) is 14.3. The molecule has 0 aliphatic heterocycles. The van der Waals surface area contributed by atoms with Crippen molar-refractivity contribution in [1.29, 1.82) is 0 Å². The van der Waals surface area contributed by atoms with Crippen LogP contribution in [0.15, 0.2) is 29.8 Å². The van der Waals surface area contributed by atoms with Gasteiger partial charge in [0, 0.05) is 6.54 Å². The summed E-state index contributed by atoms with van der Waals surface area (Å²) < 4.78 is 40.0. The number of ether oxygens (including phenoxy) is 1. The van der Waals surface area contributed by atoms with Gasteiger partial charge in [0.25, 0.3) is 5.91 Å². The van der Waals surface area contributed by atoms with Crippen LogP contribution in [-0.4, -0.2) is 22.5 Å². The number of nitrogens with one attached hydrogen (secondary N) is 1. The summed E-state index contributed by atoms with van der Waals surface area (Å²) in [5.41, 5.74) is 1.89. The predicted octanol–water partition coefficient (Wildman–Crippen LogP) is 2.37. The van der Waals surface area contributed by atoms with Crippen molar-refractivity contribution in [3.8, 4) is 5.75 Å². The number of alkyl halides is 3. The molecule has 0 spiro atoms. The summed E-state index contributed by atoms with van der Waals surface area (Å²) in [7, 11) is 0. The number of nitrogens with zero attached hydrogens (tertiary/aromatic N) is 2. The van der Waals surface area contributed by atoms with Crippen molar-refractivity contribution in [2.45, 2.75) is 12.9 Å². The maximum Gasteiger partial charge on any atom is 0.573 e. The highest BCUT2D eigenvalue weighted by atomic mass is 32.1. The highest BCUT2D eigenvalue weighted by Crippen LogP contribution is 2.23.